The van der Waals surface area contributed by atoms with Crippen molar-refractivity contribution in [3.05, 3.63) is 41.5 Å². The maximum atomic E-state index is 10.9. The van der Waals surface area contributed by atoms with Crippen molar-refractivity contribution >= 4 is 6.47 Å². The minimum atomic E-state index is -2.98. The third-order valence-electron chi connectivity index (χ3n) is 7.81. The molecule has 6 atom stereocenters. The van der Waals surface area contributed by atoms with Gasteiger partial charge in [0.05, 0.1) is 32.3 Å². The molecule has 1 aliphatic carbocycles. The summed E-state index contributed by atoms with van der Waals surface area (Å²) in [6.07, 6.45) is -9.52. The number of aliphatic hydroxyl groups is 7. The van der Waals surface area contributed by atoms with Crippen LogP contribution in [0.1, 0.15) is 30.1 Å². The second-order valence-electron chi connectivity index (χ2n) is 10.7. The number of para-hydroxylation sites is 1. The lowest BCUT2D eigenvalue weighted by Crippen LogP contribution is -2.65. The topological polar surface area (TPSA) is 262 Å². The van der Waals surface area contributed by atoms with E-state index >= 15 is 0 Å². The predicted molar refractivity (Wildman–Crippen MR) is 143 cm³/mol. The first kappa shape index (κ1) is 33.8. The molecule has 0 amide bonds. The highest BCUT2D eigenvalue weighted by Crippen LogP contribution is 2.49. The van der Waals surface area contributed by atoms with Crippen molar-refractivity contribution < 1.29 is 88.3 Å². The van der Waals surface area contributed by atoms with Gasteiger partial charge in [-0.3, -0.25) is 19.7 Å². The van der Waals surface area contributed by atoms with Gasteiger partial charge in [-0.2, -0.15) is 0 Å². The van der Waals surface area contributed by atoms with E-state index in [1.165, 1.54) is 26.4 Å². The van der Waals surface area contributed by atoms with E-state index < -0.39 is 61.5 Å². The number of ether oxygens (including phenoxy) is 9. The summed E-state index contributed by atoms with van der Waals surface area (Å²) in [4.78, 5) is 10.9. The summed E-state index contributed by atoms with van der Waals surface area (Å²) < 4.78 is 45.6. The van der Waals surface area contributed by atoms with Crippen molar-refractivity contribution in [1.82, 2.24) is 0 Å². The minimum absolute atomic E-state index is 0.0129. The van der Waals surface area contributed by atoms with Crippen LogP contribution in [0.3, 0.4) is 0 Å². The number of methoxy groups -OCH3 is 2. The number of carbonyl (C=O) groups excluding carboxylic acids is 1. The Balaban J connectivity index is 0.000000322. The maximum absolute atomic E-state index is 10.9. The second-order valence-corrected chi connectivity index (χ2v) is 10.7. The van der Waals surface area contributed by atoms with E-state index in [0.29, 0.717) is 17.1 Å². The van der Waals surface area contributed by atoms with Crippen LogP contribution >= 0.6 is 0 Å². The smallest absolute Gasteiger partial charge is 0.502 e. The number of benzene rings is 2. The van der Waals surface area contributed by atoms with Crippen LogP contribution in [0.25, 0.3) is 0 Å². The van der Waals surface area contributed by atoms with Crippen molar-refractivity contribution in [3.8, 4) is 28.7 Å². The molecule has 8 N–H and O–H groups in total. The number of carbonyl (C=O) groups is 1. The second kappa shape index (κ2) is 12.9. The Morgan fingerprint density at radius 2 is 1.67 bits per heavy atom. The molecule has 18 nitrogen and oxygen atoms in total. The van der Waals surface area contributed by atoms with Crippen LogP contribution in [0.2, 0.25) is 0 Å². The third-order valence-corrected chi connectivity index (χ3v) is 7.81. The molecule has 18 heteroatoms. The Bertz CT molecular complexity index is 1370. The van der Waals surface area contributed by atoms with E-state index in [4.69, 9.17) is 37.9 Å². The number of aliphatic hydroxyl groups excluding tert-OH is 1. The zero-order valence-corrected chi connectivity index (χ0v) is 24.4. The number of fused-ring (bicyclic) bond motifs is 3. The summed E-state index contributed by atoms with van der Waals surface area (Å²) in [6.45, 7) is -0.644. The van der Waals surface area contributed by atoms with Crippen LogP contribution in [0, 0.1) is 5.92 Å². The molecule has 4 aliphatic rings. The maximum Gasteiger partial charge on any atom is 0.505 e. The van der Waals surface area contributed by atoms with Crippen molar-refractivity contribution in [3.63, 3.8) is 0 Å². The molecule has 2 fully saturated rings. The molecule has 3 heterocycles. The molecule has 254 valence electrons. The van der Waals surface area contributed by atoms with Gasteiger partial charge in [0.1, 0.15) is 6.10 Å². The summed E-state index contributed by atoms with van der Waals surface area (Å²) in [7, 11) is 2.99. The molecular formula is C28H34O18. The first-order valence-corrected chi connectivity index (χ1v) is 13.8. The number of rotatable bonds is 7. The Morgan fingerprint density at radius 3 is 2.30 bits per heavy atom. The lowest BCUT2D eigenvalue weighted by molar-refractivity contribution is -0.473. The van der Waals surface area contributed by atoms with E-state index in [-0.39, 0.29) is 48.5 Å². The molecule has 0 aromatic heterocycles. The van der Waals surface area contributed by atoms with Crippen molar-refractivity contribution in [2.45, 2.75) is 68.1 Å². The lowest BCUT2D eigenvalue weighted by atomic mass is 9.79. The molecule has 3 aliphatic heterocycles. The van der Waals surface area contributed by atoms with Crippen molar-refractivity contribution in [1.29, 1.82) is 0 Å². The van der Waals surface area contributed by atoms with Gasteiger partial charge in [0.2, 0.25) is 5.75 Å². The van der Waals surface area contributed by atoms with Crippen molar-refractivity contribution in [2.75, 3.05) is 21.0 Å². The summed E-state index contributed by atoms with van der Waals surface area (Å²) in [5.41, 5.74) is 0.823. The molecule has 2 aromatic carbocycles. The molecule has 2 aromatic rings. The first-order valence-electron chi connectivity index (χ1n) is 13.8. The summed E-state index contributed by atoms with van der Waals surface area (Å²) >= 11 is 0. The third kappa shape index (κ3) is 6.77. The quantitative estimate of drug-likeness (QED) is 0.123. The Labute approximate surface area is 260 Å². The summed E-state index contributed by atoms with van der Waals surface area (Å²) in [5, 5.41) is 80.3. The Kier molecular flexibility index (Phi) is 9.51. The van der Waals surface area contributed by atoms with Gasteiger partial charge in [0, 0.05) is 6.42 Å². The number of phenols is 1. The largest absolute Gasteiger partial charge is 0.505 e. The van der Waals surface area contributed by atoms with E-state index in [1.54, 1.807) is 18.2 Å². The van der Waals surface area contributed by atoms with E-state index in [2.05, 4.69) is 4.74 Å². The van der Waals surface area contributed by atoms with Gasteiger partial charge >= 0.3 is 18.1 Å². The van der Waals surface area contributed by atoms with Crippen LogP contribution in [-0.2, 0) is 34.9 Å². The normalized spacial score (nSPS) is 28.9. The highest BCUT2D eigenvalue weighted by molar-refractivity contribution is 5.51. The molecule has 0 bridgehead atoms. The molecule has 6 rings (SSSR count). The van der Waals surface area contributed by atoms with Gasteiger partial charge in [-0.25, -0.2) is 0 Å². The van der Waals surface area contributed by atoms with E-state index in [0.717, 1.165) is 0 Å². The van der Waals surface area contributed by atoms with Crippen LogP contribution < -0.4 is 18.9 Å². The molecule has 46 heavy (non-hydrogen) atoms. The highest BCUT2D eigenvalue weighted by atomic mass is 17.0. The van der Waals surface area contributed by atoms with Gasteiger partial charge < -0.3 is 68.5 Å². The summed E-state index contributed by atoms with van der Waals surface area (Å²) in [6, 6.07) is 7.85. The fourth-order valence-corrected chi connectivity index (χ4v) is 5.65. The number of aromatic hydroxyl groups is 1. The first-order chi connectivity index (χ1) is 21.7. The van der Waals surface area contributed by atoms with E-state index in [1.807, 2.05) is 0 Å². The average molecular weight is 659 g/mol. The van der Waals surface area contributed by atoms with E-state index in [9.17, 15) is 45.6 Å². The Morgan fingerprint density at radius 1 is 1.02 bits per heavy atom. The molecule has 0 spiro atoms. The number of aryl methyl sites for hydroxylation is 1. The predicted octanol–water partition coefficient (Wildman–Crippen LogP) is -1.62. The number of hydrogen-bond donors (Lipinski definition) is 8. The van der Waals surface area contributed by atoms with Gasteiger partial charge in [-0.1, -0.05) is 6.07 Å². The fraction of sp³-hybridized carbons (Fsp3) is 0.536. The lowest BCUT2D eigenvalue weighted by Gasteiger charge is -2.48. The fourth-order valence-electron chi connectivity index (χ4n) is 5.65. The standard InChI is InChI=1S/C20H24O15.C8H10O3/c21-6-30-18(23,24)10-2-1-8-3-12-13(35-20(27,28)34-12)4-9(8)15(10)32-14-5-11(22)16-17(33-14)19(25,26)31-7-29-16;1-10-6-4-3-5-7(11-2)8(6)9/h3-4,6,10-11,14-17,22-28H,1-2,5,7H2;3-5,9H,1-2H3. The van der Waals surface area contributed by atoms with Crippen LogP contribution in [0.5, 0.6) is 28.7 Å². The minimum Gasteiger partial charge on any atom is -0.502 e. The van der Waals surface area contributed by atoms with Crippen molar-refractivity contribution in [2.24, 2.45) is 5.92 Å². The Hall–Kier alpha value is -3.53. The zero-order chi connectivity index (χ0) is 33.4. The molecule has 6 unspecified atom stereocenters. The highest BCUT2D eigenvalue weighted by Gasteiger charge is 2.55. The zero-order valence-electron chi connectivity index (χ0n) is 24.4. The van der Waals surface area contributed by atoms with Crippen LogP contribution in [0.15, 0.2) is 30.3 Å². The van der Waals surface area contributed by atoms with Gasteiger partial charge in [-0.15, -0.1) is 0 Å². The molecule has 0 saturated carbocycles. The average Bonchev–Trinajstić information content (AvgIpc) is 3.29. The molecule has 0 radical (unpaired) electrons. The summed E-state index contributed by atoms with van der Waals surface area (Å²) in [5.74, 6) is -6.27. The van der Waals surface area contributed by atoms with Gasteiger partial charge in [-0.05, 0) is 48.2 Å². The molecular weight excluding hydrogens is 624 g/mol. The monoisotopic (exact) mass is 658 g/mol. The van der Waals surface area contributed by atoms with Gasteiger partial charge in [0.25, 0.3) is 6.47 Å². The van der Waals surface area contributed by atoms with Crippen LogP contribution in [0.4, 0.5) is 0 Å². The molecule has 2 saturated heterocycles. The number of phenolic OH excluding ortho intramolecular Hbond substituents is 1. The SMILES string of the molecule is COc1cccc(OC)c1O.O=COC(O)(O)C1CCc2cc3c(cc2C1OC1CC(O)C2OCOC(O)(O)C2O1)OC(O)(O)O3. The van der Waals surface area contributed by atoms with Gasteiger partial charge in [0.15, 0.2) is 42.2 Å². The van der Waals surface area contributed by atoms with Crippen LogP contribution in [-0.4, -0.2) is 111 Å². The number of hydrogen-bond acceptors (Lipinski definition) is 18.